The second kappa shape index (κ2) is 4.92. The van der Waals surface area contributed by atoms with E-state index in [0.29, 0.717) is 5.56 Å². The van der Waals surface area contributed by atoms with Crippen LogP contribution in [0.1, 0.15) is 16.5 Å². The van der Waals surface area contributed by atoms with Crippen LogP contribution in [-0.4, -0.2) is 8.42 Å². The van der Waals surface area contributed by atoms with Crippen LogP contribution in [0.2, 0.25) is 0 Å². The zero-order valence-corrected chi connectivity index (χ0v) is 11.3. The van der Waals surface area contributed by atoms with Crippen molar-refractivity contribution in [3.8, 4) is 0 Å². The van der Waals surface area contributed by atoms with Crippen LogP contribution >= 0.6 is 11.3 Å². The van der Waals surface area contributed by atoms with Crippen LogP contribution in [0.4, 0.5) is 0 Å². The molecular weight excluding hydrogens is 266 g/mol. The topological polar surface area (TPSA) is 38.5 Å². The SMILES string of the molecule is [C-]#[N+]C(c1ccsc1)S(=O)(=O)c1ccc(C)cc1. The van der Waals surface area contributed by atoms with E-state index < -0.39 is 15.2 Å². The van der Waals surface area contributed by atoms with E-state index in [4.69, 9.17) is 6.57 Å². The van der Waals surface area contributed by atoms with Crippen molar-refractivity contribution in [1.82, 2.24) is 0 Å². The van der Waals surface area contributed by atoms with Crippen LogP contribution in [0.5, 0.6) is 0 Å². The molecule has 18 heavy (non-hydrogen) atoms. The molecule has 0 saturated carbocycles. The Morgan fingerprint density at radius 2 is 1.89 bits per heavy atom. The Hall–Kier alpha value is -1.64. The molecule has 1 aromatic carbocycles. The fourth-order valence-electron chi connectivity index (χ4n) is 1.60. The van der Waals surface area contributed by atoms with Gasteiger partial charge in [0.1, 0.15) is 0 Å². The molecule has 0 aliphatic rings. The molecule has 92 valence electrons. The summed E-state index contributed by atoms with van der Waals surface area (Å²) in [6.07, 6.45) is 0. The molecule has 0 radical (unpaired) electrons. The summed E-state index contributed by atoms with van der Waals surface area (Å²) in [6, 6.07) is 8.26. The molecule has 1 unspecified atom stereocenters. The lowest BCUT2D eigenvalue weighted by Gasteiger charge is -2.06. The van der Waals surface area contributed by atoms with Gasteiger partial charge in [-0.1, -0.05) is 17.7 Å². The van der Waals surface area contributed by atoms with Crippen molar-refractivity contribution in [2.24, 2.45) is 0 Å². The summed E-state index contributed by atoms with van der Waals surface area (Å²) in [5.41, 5.74) is 1.53. The van der Waals surface area contributed by atoms with Crippen molar-refractivity contribution in [1.29, 1.82) is 0 Å². The minimum Gasteiger partial charge on any atom is -0.291 e. The lowest BCUT2D eigenvalue weighted by atomic mass is 10.2. The van der Waals surface area contributed by atoms with Gasteiger partial charge in [-0.25, -0.2) is 15.0 Å². The normalized spacial score (nSPS) is 12.9. The van der Waals surface area contributed by atoms with Gasteiger partial charge < -0.3 is 0 Å². The summed E-state index contributed by atoms with van der Waals surface area (Å²) in [5.74, 6) is 0. The molecule has 2 rings (SSSR count). The van der Waals surface area contributed by atoms with Crippen molar-refractivity contribution in [3.05, 3.63) is 63.6 Å². The Balaban J connectivity index is 2.48. The molecule has 1 atom stereocenters. The molecule has 1 heterocycles. The molecule has 0 spiro atoms. The van der Waals surface area contributed by atoms with E-state index in [1.165, 1.54) is 11.3 Å². The van der Waals surface area contributed by atoms with Gasteiger partial charge in [0.25, 0.3) is 9.84 Å². The second-order valence-electron chi connectivity index (χ2n) is 3.90. The Labute approximate surface area is 110 Å². The lowest BCUT2D eigenvalue weighted by molar-refractivity contribution is 0.590. The van der Waals surface area contributed by atoms with E-state index in [2.05, 4.69) is 4.85 Å². The molecule has 1 aromatic heterocycles. The van der Waals surface area contributed by atoms with E-state index in [0.717, 1.165) is 5.56 Å². The Kier molecular flexibility index (Phi) is 3.50. The molecule has 0 fully saturated rings. The maximum absolute atomic E-state index is 12.4. The second-order valence-corrected chi connectivity index (χ2v) is 6.68. The first-order chi connectivity index (χ1) is 8.55. The predicted molar refractivity (Wildman–Crippen MR) is 72.0 cm³/mol. The highest BCUT2D eigenvalue weighted by molar-refractivity contribution is 7.91. The fraction of sp³-hybridized carbons (Fsp3) is 0.154. The molecule has 0 bridgehead atoms. The number of hydrogen-bond donors (Lipinski definition) is 0. The quantitative estimate of drug-likeness (QED) is 0.806. The fourth-order valence-corrected chi connectivity index (χ4v) is 3.78. The molecule has 3 nitrogen and oxygen atoms in total. The number of aryl methyl sites for hydroxylation is 1. The van der Waals surface area contributed by atoms with Gasteiger partial charge in [0.15, 0.2) is 0 Å². The van der Waals surface area contributed by atoms with Crippen LogP contribution in [0.25, 0.3) is 4.85 Å². The van der Waals surface area contributed by atoms with Gasteiger partial charge >= 0.3 is 5.37 Å². The van der Waals surface area contributed by atoms with Gasteiger partial charge in [0.05, 0.1) is 10.5 Å². The first kappa shape index (κ1) is 12.8. The first-order valence-corrected chi connectivity index (χ1v) is 7.74. The summed E-state index contributed by atoms with van der Waals surface area (Å²) in [6.45, 7) is 9.02. The van der Waals surface area contributed by atoms with Gasteiger partial charge in [-0.05, 0) is 30.5 Å². The van der Waals surface area contributed by atoms with E-state index in [-0.39, 0.29) is 4.90 Å². The lowest BCUT2D eigenvalue weighted by Crippen LogP contribution is -2.09. The zero-order valence-electron chi connectivity index (χ0n) is 9.70. The molecule has 5 heteroatoms. The molecule has 0 aliphatic heterocycles. The van der Waals surface area contributed by atoms with Crippen molar-refractivity contribution < 1.29 is 8.42 Å². The number of rotatable bonds is 3. The van der Waals surface area contributed by atoms with E-state index in [1.54, 1.807) is 41.1 Å². The molecule has 0 aliphatic carbocycles. The number of hydrogen-bond acceptors (Lipinski definition) is 3. The summed E-state index contributed by atoms with van der Waals surface area (Å²) in [4.78, 5) is 3.46. The minimum atomic E-state index is -3.64. The highest BCUT2D eigenvalue weighted by Crippen LogP contribution is 2.31. The third-order valence-electron chi connectivity index (χ3n) is 2.59. The number of benzene rings is 1. The third kappa shape index (κ3) is 2.30. The predicted octanol–water partition coefficient (Wildman–Crippen LogP) is 3.45. The van der Waals surface area contributed by atoms with Crippen LogP contribution < -0.4 is 0 Å². The summed E-state index contributed by atoms with van der Waals surface area (Å²) in [7, 11) is -3.64. The zero-order chi connectivity index (χ0) is 13.2. The minimum absolute atomic E-state index is 0.195. The van der Waals surface area contributed by atoms with Crippen molar-refractivity contribution in [2.45, 2.75) is 17.2 Å². The van der Waals surface area contributed by atoms with Gasteiger partial charge in [-0.15, -0.1) is 0 Å². The maximum atomic E-state index is 12.4. The molecule has 0 N–H and O–H groups in total. The highest BCUT2D eigenvalue weighted by Gasteiger charge is 2.34. The van der Waals surface area contributed by atoms with E-state index >= 15 is 0 Å². The molecule has 2 aromatic rings. The summed E-state index contributed by atoms with van der Waals surface area (Å²) in [5, 5.41) is 2.33. The number of nitrogens with zero attached hydrogens (tertiary/aromatic N) is 1. The maximum Gasteiger partial charge on any atom is 0.351 e. The summed E-state index contributed by atoms with van der Waals surface area (Å²) < 4.78 is 24.7. The van der Waals surface area contributed by atoms with Gasteiger partial charge in [-0.2, -0.15) is 11.3 Å². The van der Waals surface area contributed by atoms with E-state index in [1.807, 2.05) is 6.92 Å². The average molecular weight is 277 g/mol. The monoisotopic (exact) mass is 277 g/mol. The Bertz CT molecular complexity index is 665. The highest BCUT2D eigenvalue weighted by atomic mass is 32.2. The van der Waals surface area contributed by atoms with Crippen molar-refractivity contribution in [2.75, 3.05) is 0 Å². The van der Waals surface area contributed by atoms with Crippen LogP contribution in [-0.2, 0) is 9.84 Å². The summed E-state index contributed by atoms with van der Waals surface area (Å²) >= 11 is 1.39. The smallest absolute Gasteiger partial charge is 0.291 e. The molecule has 0 saturated heterocycles. The standard InChI is InChI=1S/C13H11NO2S2/c1-10-3-5-12(6-4-10)18(15,16)13(14-2)11-7-8-17-9-11/h3-9,13H,1H3. The number of sulfone groups is 1. The Morgan fingerprint density at radius 1 is 1.22 bits per heavy atom. The molecule has 0 amide bonds. The van der Waals surface area contributed by atoms with Gasteiger partial charge in [-0.3, -0.25) is 4.85 Å². The van der Waals surface area contributed by atoms with Gasteiger partial charge in [0.2, 0.25) is 0 Å². The largest absolute Gasteiger partial charge is 0.351 e. The van der Waals surface area contributed by atoms with Crippen LogP contribution in [0.15, 0.2) is 46.0 Å². The van der Waals surface area contributed by atoms with Crippen molar-refractivity contribution in [3.63, 3.8) is 0 Å². The van der Waals surface area contributed by atoms with E-state index in [9.17, 15) is 8.42 Å². The van der Waals surface area contributed by atoms with Crippen LogP contribution in [0, 0.1) is 13.5 Å². The first-order valence-electron chi connectivity index (χ1n) is 5.25. The average Bonchev–Trinajstić information content (AvgIpc) is 2.84. The third-order valence-corrected chi connectivity index (χ3v) is 5.19. The van der Waals surface area contributed by atoms with Crippen LogP contribution in [0.3, 0.4) is 0 Å². The van der Waals surface area contributed by atoms with Gasteiger partial charge in [0, 0.05) is 5.38 Å². The Morgan fingerprint density at radius 3 is 2.39 bits per heavy atom. The number of thiophene rings is 1. The molecular formula is C13H11NO2S2. The van der Waals surface area contributed by atoms with Crippen molar-refractivity contribution >= 4 is 21.2 Å².